The quantitative estimate of drug-likeness (QED) is 0.668. The molecular formula is C18H18ClFN2O4. The zero-order chi connectivity index (χ0) is 19.6. The highest BCUT2D eigenvalue weighted by Crippen LogP contribution is 2.23. The highest BCUT2D eigenvalue weighted by atomic mass is 35.5. The van der Waals surface area contributed by atoms with E-state index >= 15 is 0 Å². The second-order valence-corrected chi connectivity index (χ2v) is 6.21. The molecule has 0 aliphatic carbocycles. The smallest absolute Gasteiger partial charge is 0.330 e. The van der Waals surface area contributed by atoms with E-state index in [0.29, 0.717) is 23.2 Å². The fraction of sp³-hybridized carbons (Fsp3) is 0.278. The Morgan fingerprint density at radius 2 is 2.00 bits per heavy atom. The van der Waals surface area contributed by atoms with E-state index in [1.54, 1.807) is 13.8 Å². The number of Topliss-reactive ketones (excluding diaryl/α,β-unsaturated/α-hetero) is 1. The molecule has 1 atom stereocenters. The van der Waals surface area contributed by atoms with Gasteiger partial charge in [-0.15, -0.1) is 0 Å². The van der Waals surface area contributed by atoms with Crippen molar-refractivity contribution in [2.45, 2.75) is 33.2 Å². The number of ketones is 1. The summed E-state index contributed by atoms with van der Waals surface area (Å²) in [6, 6.07) is 2.04. The molecule has 3 N–H and O–H groups in total. The molecule has 8 heteroatoms. The number of benzene rings is 1. The van der Waals surface area contributed by atoms with Gasteiger partial charge >= 0.3 is 5.97 Å². The number of aromatic amines is 1. The molecule has 1 heterocycles. The molecule has 26 heavy (non-hydrogen) atoms. The third-order valence-electron chi connectivity index (χ3n) is 4.02. The molecule has 0 spiro atoms. The van der Waals surface area contributed by atoms with E-state index in [9.17, 15) is 23.9 Å². The third kappa shape index (κ3) is 3.77. The van der Waals surface area contributed by atoms with Crippen LogP contribution < -0.4 is 5.32 Å². The van der Waals surface area contributed by atoms with Crippen molar-refractivity contribution in [2.24, 2.45) is 0 Å². The number of hydrogen-bond acceptors (Lipinski definition) is 3. The Bertz CT molecular complexity index is 892. The third-order valence-corrected chi connectivity index (χ3v) is 4.33. The highest BCUT2D eigenvalue weighted by molar-refractivity contribution is 6.30. The molecule has 2 aromatic rings. The average Bonchev–Trinajstić information content (AvgIpc) is 2.91. The Hall–Kier alpha value is -2.67. The number of H-pyrrole nitrogens is 1. The maximum absolute atomic E-state index is 13.6. The van der Waals surface area contributed by atoms with Gasteiger partial charge < -0.3 is 15.4 Å². The van der Waals surface area contributed by atoms with Gasteiger partial charge in [-0.05, 0) is 43.5 Å². The normalized spacial score (nSPS) is 11.9. The van der Waals surface area contributed by atoms with Gasteiger partial charge in [0.1, 0.15) is 11.5 Å². The van der Waals surface area contributed by atoms with E-state index in [4.69, 9.17) is 11.6 Å². The number of carbonyl (C=O) groups is 3. The molecular weight excluding hydrogens is 363 g/mol. The first-order valence-corrected chi connectivity index (χ1v) is 8.26. The maximum Gasteiger partial charge on any atom is 0.330 e. The van der Waals surface area contributed by atoms with E-state index in [0.717, 1.165) is 6.07 Å². The van der Waals surface area contributed by atoms with Gasteiger partial charge in [0.05, 0.1) is 5.02 Å². The SMILES string of the molecule is CCc1c(C(=O)NC(C(=O)O)c2ccc(Cl)c(F)c2)[nH]c(C)c1C(C)=O. The van der Waals surface area contributed by atoms with Crippen LogP contribution in [0, 0.1) is 12.7 Å². The summed E-state index contributed by atoms with van der Waals surface area (Å²) in [6.07, 6.45) is 0.412. The van der Waals surface area contributed by atoms with Crippen LogP contribution in [-0.2, 0) is 11.2 Å². The lowest BCUT2D eigenvalue weighted by atomic mass is 10.0. The van der Waals surface area contributed by atoms with Gasteiger partial charge in [-0.2, -0.15) is 0 Å². The van der Waals surface area contributed by atoms with Crippen LogP contribution in [0.3, 0.4) is 0 Å². The molecule has 0 bridgehead atoms. The second-order valence-electron chi connectivity index (χ2n) is 5.81. The zero-order valence-electron chi connectivity index (χ0n) is 14.4. The number of aryl methyl sites for hydroxylation is 1. The first kappa shape index (κ1) is 19.7. The minimum atomic E-state index is -1.47. The lowest BCUT2D eigenvalue weighted by Crippen LogP contribution is -2.34. The van der Waals surface area contributed by atoms with Crippen LogP contribution in [0.15, 0.2) is 18.2 Å². The number of nitrogens with one attached hydrogen (secondary N) is 2. The number of carboxylic acid groups (broad SMARTS) is 1. The first-order chi connectivity index (χ1) is 12.2. The number of hydrogen-bond donors (Lipinski definition) is 3. The fourth-order valence-corrected chi connectivity index (χ4v) is 3.00. The van der Waals surface area contributed by atoms with Crippen LogP contribution in [0.2, 0.25) is 5.02 Å². The van der Waals surface area contributed by atoms with E-state index < -0.39 is 23.7 Å². The Kier molecular flexibility index (Phi) is 5.82. The number of aliphatic carboxylic acids is 1. The molecule has 1 aromatic carbocycles. The second kappa shape index (κ2) is 7.70. The molecule has 0 fully saturated rings. The predicted octanol–water partition coefficient (Wildman–Crippen LogP) is 3.44. The summed E-state index contributed by atoms with van der Waals surface area (Å²) in [5.74, 6) is -3.02. The molecule has 0 saturated carbocycles. The number of carboxylic acids is 1. The van der Waals surface area contributed by atoms with Crippen LogP contribution in [0.4, 0.5) is 4.39 Å². The molecule has 1 amide bonds. The van der Waals surface area contributed by atoms with Crippen molar-refractivity contribution < 1.29 is 23.9 Å². The van der Waals surface area contributed by atoms with Crippen LogP contribution in [0.25, 0.3) is 0 Å². The van der Waals surface area contributed by atoms with E-state index in [-0.39, 0.29) is 22.1 Å². The monoisotopic (exact) mass is 380 g/mol. The van der Waals surface area contributed by atoms with Crippen molar-refractivity contribution in [2.75, 3.05) is 0 Å². The minimum absolute atomic E-state index is 0.0425. The Balaban J connectivity index is 2.40. The van der Waals surface area contributed by atoms with Crippen molar-refractivity contribution in [3.63, 3.8) is 0 Å². The van der Waals surface area contributed by atoms with Crippen LogP contribution in [0.5, 0.6) is 0 Å². The lowest BCUT2D eigenvalue weighted by molar-refractivity contribution is -0.139. The van der Waals surface area contributed by atoms with Gasteiger partial charge in [0.15, 0.2) is 11.8 Å². The van der Waals surface area contributed by atoms with Gasteiger partial charge in [0, 0.05) is 11.3 Å². The number of amides is 1. The highest BCUT2D eigenvalue weighted by Gasteiger charge is 2.27. The summed E-state index contributed by atoms with van der Waals surface area (Å²) in [4.78, 5) is 38.8. The molecule has 0 aliphatic heterocycles. The molecule has 0 aliphatic rings. The van der Waals surface area contributed by atoms with Gasteiger partial charge in [-0.25, -0.2) is 9.18 Å². The predicted molar refractivity (Wildman–Crippen MR) is 94.2 cm³/mol. The number of rotatable bonds is 6. The average molecular weight is 381 g/mol. The molecule has 6 nitrogen and oxygen atoms in total. The summed E-state index contributed by atoms with van der Waals surface area (Å²) in [5, 5.41) is 11.6. The summed E-state index contributed by atoms with van der Waals surface area (Å²) in [7, 11) is 0. The van der Waals surface area contributed by atoms with E-state index in [2.05, 4.69) is 10.3 Å². The van der Waals surface area contributed by atoms with Crippen molar-refractivity contribution in [3.05, 3.63) is 57.1 Å². The van der Waals surface area contributed by atoms with Gasteiger partial charge in [0.2, 0.25) is 0 Å². The van der Waals surface area contributed by atoms with Crippen molar-refractivity contribution in [3.8, 4) is 0 Å². The van der Waals surface area contributed by atoms with Crippen molar-refractivity contribution in [1.82, 2.24) is 10.3 Å². The van der Waals surface area contributed by atoms with Gasteiger partial charge in [0.25, 0.3) is 5.91 Å². The standard InChI is InChI=1S/C18H18ClFN2O4/c1-4-11-14(9(3)23)8(2)21-16(11)17(24)22-15(18(25)26)10-5-6-12(19)13(20)7-10/h5-7,15,21H,4H2,1-3H3,(H,22,24)(H,25,26). The summed E-state index contributed by atoms with van der Waals surface area (Å²) < 4.78 is 13.6. The Labute approximate surface area is 154 Å². The number of aromatic nitrogens is 1. The van der Waals surface area contributed by atoms with Crippen LogP contribution in [-0.4, -0.2) is 27.8 Å². The topological polar surface area (TPSA) is 99.3 Å². The molecule has 1 aromatic heterocycles. The fourth-order valence-electron chi connectivity index (χ4n) is 2.88. The summed E-state index contributed by atoms with van der Waals surface area (Å²) in [6.45, 7) is 4.85. The lowest BCUT2D eigenvalue weighted by Gasteiger charge is -2.15. The van der Waals surface area contributed by atoms with E-state index in [1.807, 2.05) is 0 Å². The number of halogens is 2. The van der Waals surface area contributed by atoms with Crippen LogP contribution >= 0.6 is 11.6 Å². The molecule has 138 valence electrons. The zero-order valence-corrected chi connectivity index (χ0v) is 15.2. The number of carbonyl (C=O) groups excluding carboxylic acids is 2. The molecule has 0 saturated heterocycles. The summed E-state index contributed by atoms with van der Waals surface area (Å²) in [5.41, 5.74) is 1.63. The summed E-state index contributed by atoms with van der Waals surface area (Å²) >= 11 is 5.61. The van der Waals surface area contributed by atoms with E-state index in [1.165, 1.54) is 19.1 Å². The van der Waals surface area contributed by atoms with Gasteiger partial charge in [-0.3, -0.25) is 9.59 Å². The Morgan fingerprint density at radius 1 is 1.35 bits per heavy atom. The van der Waals surface area contributed by atoms with Crippen LogP contribution in [0.1, 0.15) is 57.6 Å². The maximum atomic E-state index is 13.6. The van der Waals surface area contributed by atoms with Gasteiger partial charge in [-0.1, -0.05) is 24.6 Å². The largest absolute Gasteiger partial charge is 0.479 e. The molecule has 2 rings (SSSR count). The first-order valence-electron chi connectivity index (χ1n) is 7.88. The van der Waals surface area contributed by atoms with Crippen molar-refractivity contribution in [1.29, 1.82) is 0 Å². The minimum Gasteiger partial charge on any atom is -0.479 e. The molecule has 1 unspecified atom stereocenters. The van der Waals surface area contributed by atoms with Crippen molar-refractivity contribution >= 4 is 29.3 Å². The Morgan fingerprint density at radius 3 is 2.50 bits per heavy atom. The molecule has 0 radical (unpaired) electrons.